The quantitative estimate of drug-likeness (QED) is 0.364. The maximum atomic E-state index is 13.3. The number of hydrogen-bond donors (Lipinski definition) is 1. The van der Waals surface area contributed by atoms with Gasteiger partial charge in [0.05, 0.1) is 19.1 Å². The van der Waals surface area contributed by atoms with E-state index in [1.807, 2.05) is 19.1 Å². The van der Waals surface area contributed by atoms with E-state index in [-0.39, 0.29) is 37.7 Å². The first-order valence-electron chi connectivity index (χ1n) is 12.0. The minimum absolute atomic E-state index is 0.0538. The van der Waals surface area contributed by atoms with Gasteiger partial charge in [-0.1, -0.05) is 55.3 Å². The molecule has 0 aromatic heterocycles. The van der Waals surface area contributed by atoms with E-state index in [1.54, 1.807) is 43.3 Å². The Hall–Kier alpha value is -2.78. The highest BCUT2D eigenvalue weighted by molar-refractivity contribution is 7.92. The molecular formula is C26H36ClN3O5S. The van der Waals surface area contributed by atoms with Crippen molar-refractivity contribution in [1.29, 1.82) is 0 Å². The molecule has 8 nitrogen and oxygen atoms in total. The van der Waals surface area contributed by atoms with E-state index in [0.717, 1.165) is 24.7 Å². The molecule has 1 atom stereocenters. The summed E-state index contributed by atoms with van der Waals surface area (Å²) in [5.74, 6) is -0.0795. The lowest BCUT2D eigenvalue weighted by Crippen LogP contribution is -2.48. The summed E-state index contributed by atoms with van der Waals surface area (Å²) in [6, 6.07) is 13.3. The van der Waals surface area contributed by atoms with Gasteiger partial charge >= 0.3 is 0 Å². The average Bonchev–Trinajstić information content (AvgIpc) is 2.85. The fourth-order valence-electron chi connectivity index (χ4n) is 3.75. The Morgan fingerprint density at radius 1 is 1.08 bits per heavy atom. The molecule has 198 valence electrons. The van der Waals surface area contributed by atoms with Crippen LogP contribution in [0, 0.1) is 0 Å². The van der Waals surface area contributed by atoms with E-state index in [2.05, 4.69) is 5.32 Å². The van der Waals surface area contributed by atoms with Gasteiger partial charge in [-0.3, -0.25) is 13.9 Å². The number of nitrogens with zero attached hydrogens (tertiary/aromatic N) is 2. The van der Waals surface area contributed by atoms with Gasteiger partial charge in [0.1, 0.15) is 11.8 Å². The second-order valence-electron chi connectivity index (χ2n) is 8.54. The lowest BCUT2D eigenvalue weighted by molar-refractivity contribution is -0.140. The molecule has 1 N–H and O–H groups in total. The van der Waals surface area contributed by atoms with Crippen LogP contribution in [-0.2, 0) is 26.2 Å². The van der Waals surface area contributed by atoms with Crippen LogP contribution in [0.3, 0.4) is 0 Å². The molecule has 36 heavy (non-hydrogen) atoms. The van der Waals surface area contributed by atoms with Gasteiger partial charge < -0.3 is 15.0 Å². The van der Waals surface area contributed by atoms with Crippen molar-refractivity contribution in [3.05, 3.63) is 59.1 Å². The summed E-state index contributed by atoms with van der Waals surface area (Å²) in [5.41, 5.74) is 1.14. The lowest BCUT2D eigenvalue weighted by atomic mass is 10.1. The molecule has 0 saturated carbocycles. The Balaban J connectivity index is 2.18. The highest BCUT2D eigenvalue weighted by Gasteiger charge is 2.27. The minimum Gasteiger partial charge on any atom is -0.495 e. The molecule has 0 aliphatic carbocycles. The highest BCUT2D eigenvalue weighted by Crippen LogP contribution is 2.30. The van der Waals surface area contributed by atoms with Crippen molar-refractivity contribution in [2.24, 2.45) is 0 Å². The van der Waals surface area contributed by atoms with Gasteiger partial charge in [0, 0.05) is 31.1 Å². The van der Waals surface area contributed by atoms with Crippen LogP contribution in [-0.4, -0.2) is 57.6 Å². The summed E-state index contributed by atoms with van der Waals surface area (Å²) in [6.45, 7) is 4.52. The van der Waals surface area contributed by atoms with Crippen LogP contribution in [0.15, 0.2) is 48.5 Å². The lowest BCUT2D eigenvalue weighted by Gasteiger charge is -2.30. The first kappa shape index (κ1) is 29.5. The van der Waals surface area contributed by atoms with E-state index in [4.69, 9.17) is 16.3 Å². The molecule has 2 rings (SSSR count). The number of halogens is 1. The summed E-state index contributed by atoms with van der Waals surface area (Å²) in [6.07, 6.45) is 3.22. The van der Waals surface area contributed by atoms with E-state index < -0.39 is 16.1 Å². The summed E-state index contributed by atoms with van der Waals surface area (Å²) < 4.78 is 31.6. The molecule has 0 aliphatic heterocycles. The number of hydrogen-bond acceptors (Lipinski definition) is 5. The molecule has 2 aromatic carbocycles. The van der Waals surface area contributed by atoms with Crippen LogP contribution >= 0.6 is 11.6 Å². The first-order valence-corrected chi connectivity index (χ1v) is 14.2. The average molecular weight is 538 g/mol. The predicted octanol–water partition coefficient (Wildman–Crippen LogP) is 4.23. The van der Waals surface area contributed by atoms with Crippen molar-refractivity contribution in [3.63, 3.8) is 0 Å². The third-order valence-corrected chi connectivity index (χ3v) is 7.35. The Kier molecular flexibility index (Phi) is 11.5. The number of rotatable bonds is 14. The third-order valence-electron chi connectivity index (χ3n) is 5.80. The Bertz CT molecular complexity index is 1130. The number of carbonyl (C=O) groups is 2. The van der Waals surface area contributed by atoms with Crippen molar-refractivity contribution in [3.8, 4) is 5.75 Å². The minimum atomic E-state index is -3.62. The largest absolute Gasteiger partial charge is 0.495 e. The third kappa shape index (κ3) is 8.41. The molecule has 0 radical (unpaired) electrons. The van der Waals surface area contributed by atoms with Gasteiger partial charge in [-0.25, -0.2) is 8.42 Å². The molecular weight excluding hydrogens is 502 g/mol. The molecule has 0 saturated heterocycles. The first-order chi connectivity index (χ1) is 17.1. The summed E-state index contributed by atoms with van der Waals surface area (Å²) in [5, 5.41) is 3.39. The Morgan fingerprint density at radius 3 is 2.39 bits per heavy atom. The number of ether oxygens (including phenoxy) is 1. The Labute approximate surface area is 219 Å². The Morgan fingerprint density at radius 2 is 1.75 bits per heavy atom. The zero-order valence-corrected chi connectivity index (χ0v) is 22.9. The zero-order valence-electron chi connectivity index (χ0n) is 21.4. The number of unbranched alkanes of at least 4 members (excludes halogenated alkanes) is 1. The highest BCUT2D eigenvalue weighted by atomic mass is 35.5. The van der Waals surface area contributed by atoms with Gasteiger partial charge in [-0.2, -0.15) is 0 Å². The monoisotopic (exact) mass is 537 g/mol. The number of para-hydroxylation sites is 2. The van der Waals surface area contributed by atoms with Crippen molar-refractivity contribution in [2.75, 3.05) is 30.8 Å². The van der Waals surface area contributed by atoms with Crippen molar-refractivity contribution >= 4 is 39.1 Å². The smallest absolute Gasteiger partial charge is 0.242 e. The number of carbonyl (C=O) groups excluding carboxylic acids is 2. The number of sulfonamides is 1. The summed E-state index contributed by atoms with van der Waals surface area (Å²) >= 11 is 6.33. The molecule has 0 spiro atoms. The van der Waals surface area contributed by atoms with Crippen molar-refractivity contribution in [1.82, 2.24) is 10.2 Å². The predicted molar refractivity (Wildman–Crippen MR) is 144 cm³/mol. The van der Waals surface area contributed by atoms with E-state index in [1.165, 1.54) is 16.3 Å². The van der Waals surface area contributed by atoms with Gasteiger partial charge in [-0.15, -0.1) is 0 Å². The maximum Gasteiger partial charge on any atom is 0.242 e. The second-order valence-corrected chi connectivity index (χ2v) is 10.9. The SMILES string of the molecule is CCCCNC(=O)C(C)N(Cc1ccccc1Cl)C(=O)CCCN(c1ccccc1OC)S(C)(=O)=O. The molecule has 0 aliphatic rings. The molecule has 1 unspecified atom stereocenters. The van der Waals surface area contributed by atoms with E-state index in [9.17, 15) is 18.0 Å². The summed E-state index contributed by atoms with van der Waals surface area (Å²) in [7, 11) is -2.14. The van der Waals surface area contributed by atoms with Crippen LogP contribution in [0.4, 0.5) is 5.69 Å². The normalized spacial score (nSPS) is 12.0. The second kappa shape index (κ2) is 14.1. The number of anilines is 1. The van der Waals surface area contributed by atoms with Crippen LogP contribution in [0.25, 0.3) is 0 Å². The number of methoxy groups -OCH3 is 1. The van der Waals surface area contributed by atoms with E-state index in [0.29, 0.717) is 23.0 Å². The molecule has 10 heteroatoms. The van der Waals surface area contributed by atoms with Crippen LogP contribution in [0.2, 0.25) is 5.02 Å². The van der Waals surface area contributed by atoms with Gasteiger partial charge in [0.25, 0.3) is 0 Å². The van der Waals surface area contributed by atoms with Crippen LogP contribution < -0.4 is 14.4 Å². The zero-order chi connectivity index (χ0) is 26.7. The van der Waals surface area contributed by atoms with Gasteiger partial charge in [0.2, 0.25) is 21.8 Å². The van der Waals surface area contributed by atoms with Crippen LogP contribution in [0.1, 0.15) is 45.1 Å². The van der Waals surface area contributed by atoms with E-state index >= 15 is 0 Å². The van der Waals surface area contributed by atoms with Crippen LogP contribution in [0.5, 0.6) is 5.75 Å². The van der Waals surface area contributed by atoms with Crippen molar-refractivity contribution < 1.29 is 22.7 Å². The maximum absolute atomic E-state index is 13.3. The summed E-state index contributed by atoms with van der Waals surface area (Å²) in [4.78, 5) is 27.6. The van der Waals surface area contributed by atoms with Gasteiger partial charge in [-0.05, 0) is 43.5 Å². The number of nitrogens with one attached hydrogen (secondary N) is 1. The molecule has 2 aromatic rings. The van der Waals surface area contributed by atoms with Gasteiger partial charge in [0.15, 0.2) is 0 Å². The molecule has 0 bridgehead atoms. The fourth-order valence-corrected chi connectivity index (χ4v) is 4.91. The topological polar surface area (TPSA) is 96.0 Å². The molecule has 2 amide bonds. The molecule has 0 heterocycles. The fraction of sp³-hybridized carbons (Fsp3) is 0.462. The number of amides is 2. The molecule has 0 fully saturated rings. The van der Waals surface area contributed by atoms with Crippen molar-refractivity contribution in [2.45, 2.75) is 52.1 Å². The number of benzene rings is 2. The standard InChI is InChI=1S/C26H36ClN3O5S/c1-5-6-17-28-26(32)20(2)29(19-21-12-7-8-13-22(21)27)25(31)16-11-18-30(36(4,33)34)23-14-9-10-15-24(23)35-3/h7-10,12-15,20H,5-6,11,16-19H2,1-4H3,(H,28,32).